The van der Waals surface area contributed by atoms with Crippen LogP contribution in [0.5, 0.6) is 5.75 Å². The van der Waals surface area contributed by atoms with Crippen LogP contribution in [0.2, 0.25) is 5.02 Å². The quantitative estimate of drug-likeness (QED) is 0.811. The molecule has 1 fully saturated rings. The van der Waals surface area contributed by atoms with Crippen molar-refractivity contribution in [2.45, 2.75) is 31.7 Å². The van der Waals surface area contributed by atoms with Gasteiger partial charge in [0.1, 0.15) is 5.75 Å². The second-order valence-electron chi connectivity index (χ2n) is 6.64. The van der Waals surface area contributed by atoms with E-state index in [1.165, 1.54) is 18.4 Å². The second kappa shape index (κ2) is 9.06. The zero-order valence-electron chi connectivity index (χ0n) is 15.1. The van der Waals surface area contributed by atoms with E-state index >= 15 is 0 Å². The van der Waals surface area contributed by atoms with Crippen LogP contribution in [0.15, 0.2) is 48.5 Å². The van der Waals surface area contributed by atoms with Crippen LogP contribution in [0.1, 0.15) is 37.3 Å². The number of nitrogens with zero attached hydrogens (tertiary/aromatic N) is 1. The fourth-order valence-electron chi connectivity index (χ4n) is 3.50. The van der Waals surface area contributed by atoms with Crippen LogP contribution in [0, 0.1) is 0 Å². The number of rotatable bonds is 5. The molecular formula is C21H25ClN2O2. The van der Waals surface area contributed by atoms with Gasteiger partial charge in [-0.15, -0.1) is 0 Å². The van der Waals surface area contributed by atoms with Crippen molar-refractivity contribution in [3.63, 3.8) is 0 Å². The molecule has 4 nitrogen and oxygen atoms in total. The Bertz CT molecular complexity index is 733. The van der Waals surface area contributed by atoms with Crippen LogP contribution in [0.4, 0.5) is 5.69 Å². The highest BCUT2D eigenvalue weighted by Gasteiger charge is 2.24. The van der Waals surface area contributed by atoms with E-state index in [0.29, 0.717) is 17.3 Å². The minimum absolute atomic E-state index is 0.0292. The highest BCUT2D eigenvalue weighted by molar-refractivity contribution is 6.33. The summed E-state index contributed by atoms with van der Waals surface area (Å²) >= 11 is 6.15. The number of amides is 1. The zero-order valence-corrected chi connectivity index (χ0v) is 15.8. The molecule has 1 aliphatic rings. The lowest BCUT2D eigenvalue weighted by atomic mass is 10.0. The molecule has 0 aromatic heterocycles. The Balaban J connectivity index is 1.71. The molecular weight excluding hydrogens is 348 g/mol. The monoisotopic (exact) mass is 372 g/mol. The van der Waals surface area contributed by atoms with Gasteiger partial charge in [0.05, 0.1) is 24.4 Å². The van der Waals surface area contributed by atoms with E-state index < -0.39 is 0 Å². The summed E-state index contributed by atoms with van der Waals surface area (Å²) in [5, 5.41) is 3.49. The first-order chi connectivity index (χ1) is 12.7. The van der Waals surface area contributed by atoms with Crippen molar-refractivity contribution in [2.24, 2.45) is 0 Å². The maximum atomic E-state index is 12.6. The fourth-order valence-corrected chi connectivity index (χ4v) is 3.68. The number of benzene rings is 2. The molecule has 0 aliphatic carbocycles. The normalized spacial score (nSPS) is 18.2. The van der Waals surface area contributed by atoms with Crippen LogP contribution in [0.25, 0.3) is 0 Å². The van der Waals surface area contributed by atoms with Crippen molar-refractivity contribution >= 4 is 23.2 Å². The summed E-state index contributed by atoms with van der Waals surface area (Å²) in [4.78, 5) is 14.9. The number of hydrogen-bond acceptors (Lipinski definition) is 3. The molecule has 0 saturated carbocycles. The van der Waals surface area contributed by atoms with Crippen LogP contribution < -0.4 is 10.1 Å². The predicted molar refractivity (Wildman–Crippen MR) is 106 cm³/mol. The van der Waals surface area contributed by atoms with Gasteiger partial charge in [-0.3, -0.25) is 9.69 Å². The van der Waals surface area contributed by atoms with Gasteiger partial charge >= 0.3 is 0 Å². The van der Waals surface area contributed by atoms with Crippen LogP contribution >= 0.6 is 11.6 Å². The maximum Gasteiger partial charge on any atom is 0.238 e. The third kappa shape index (κ3) is 4.77. The highest BCUT2D eigenvalue weighted by atomic mass is 35.5. The Morgan fingerprint density at radius 1 is 1.15 bits per heavy atom. The van der Waals surface area contributed by atoms with Gasteiger partial charge in [-0.1, -0.05) is 48.7 Å². The molecule has 1 N–H and O–H groups in total. The predicted octanol–water partition coefficient (Wildman–Crippen LogP) is 4.90. The third-order valence-electron chi connectivity index (χ3n) is 4.86. The van der Waals surface area contributed by atoms with Gasteiger partial charge < -0.3 is 10.1 Å². The first kappa shape index (κ1) is 18.7. The summed E-state index contributed by atoms with van der Waals surface area (Å²) in [6, 6.07) is 15.8. The molecule has 0 bridgehead atoms. The molecule has 1 amide bonds. The smallest absolute Gasteiger partial charge is 0.238 e. The van der Waals surface area contributed by atoms with Crippen LogP contribution in [-0.4, -0.2) is 31.0 Å². The molecule has 1 saturated heterocycles. The molecule has 1 heterocycles. The van der Waals surface area contributed by atoms with Gasteiger partial charge in [0.15, 0.2) is 0 Å². The van der Waals surface area contributed by atoms with Crippen molar-refractivity contribution in [3.8, 4) is 5.75 Å². The van der Waals surface area contributed by atoms with Crippen LogP contribution in [-0.2, 0) is 4.79 Å². The molecule has 5 heteroatoms. The summed E-state index contributed by atoms with van der Waals surface area (Å²) < 4.78 is 5.26. The Hall–Kier alpha value is -2.04. The van der Waals surface area contributed by atoms with Gasteiger partial charge in [0.25, 0.3) is 0 Å². The molecule has 1 aliphatic heterocycles. The minimum Gasteiger partial charge on any atom is -0.497 e. The number of methoxy groups -OCH3 is 1. The van der Waals surface area contributed by atoms with Gasteiger partial charge in [-0.25, -0.2) is 0 Å². The van der Waals surface area contributed by atoms with Gasteiger partial charge in [0, 0.05) is 6.04 Å². The van der Waals surface area contributed by atoms with E-state index in [1.807, 2.05) is 30.3 Å². The number of ether oxygens (including phenoxy) is 1. The SMILES string of the molecule is COc1ccc(C2CCCCCN2CC(=O)Nc2ccccc2Cl)cc1. The number of likely N-dealkylation sites (tertiary alicyclic amines) is 1. The maximum absolute atomic E-state index is 12.6. The van der Waals surface area contributed by atoms with Crippen molar-refractivity contribution in [1.29, 1.82) is 0 Å². The van der Waals surface area contributed by atoms with E-state index in [-0.39, 0.29) is 11.9 Å². The number of carbonyl (C=O) groups is 1. The van der Waals surface area contributed by atoms with Crippen molar-refractivity contribution in [1.82, 2.24) is 4.90 Å². The summed E-state index contributed by atoms with van der Waals surface area (Å²) in [5.41, 5.74) is 1.90. The third-order valence-corrected chi connectivity index (χ3v) is 5.19. The topological polar surface area (TPSA) is 41.6 Å². The summed E-state index contributed by atoms with van der Waals surface area (Å²) in [5.74, 6) is 0.823. The van der Waals surface area contributed by atoms with Crippen molar-refractivity contribution in [3.05, 3.63) is 59.1 Å². The lowest BCUT2D eigenvalue weighted by Crippen LogP contribution is -2.36. The number of para-hydroxylation sites is 1. The lowest BCUT2D eigenvalue weighted by molar-refractivity contribution is -0.117. The van der Waals surface area contributed by atoms with Crippen LogP contribution in [0.3, 0.4) is 0 Å². The largest absolute Gasteiger partial charge is 0.497 e. The summed E-state index contributed by atoms with van der Waals surface area (Å²) in [6.07, 6.45) is 4.56. The Morgan fingerprint density at radius 3 is 2.65 bits per heavy atom. The van der Waals surface area contributed by atoms with Crippen molar-refractivity contribution < 1.29 is 9.53 Å². The van der Waals surface area contributed by atoms with E-state index in [2.05, 4.69) is 22.3 Å². The molecule has 2 aromatic carbocycles. The average Bonchev–Trinajstić information content (AvgIpc) is 2.89. The number of anilines is 1. The number of halogens is 1. The average molecular weight is 373 g/mol. The van der Waals surface area contributed by atoms with Gasteiger partial charge in [-0.05, 0) is 49.2 Å². The minimum atomic E-state index is -0.0292. The molecule has 1 atom stereocenters. The Labute approximate surface area is 160 Å². The highest BCUT2D eigenvalue weighted by Crippen LogP contribution is 2.31. The van der Waals surface area contributed by atoms with Crippen molar-refractivity contribution in [2.75, 3.05) is 25.5 Å². The lowest BCUT2D eigenvalue weighted by Gasteiger charge is -2.30. The van der Waals surface area contributed by atoms with E-state index in [0.717, 1.165) is 25.1 Å². The zero-order chi connectivity index (χ0) is 18.4. The Morgan fingerprint density at radius 2 is 1.92 bits per heavy atom. The molecule has 0 spiro atoms. The molecule has 0 radical (unpaired) electrons. The molecule has 1 unspecified atom stereocenters. The molecule has 138 valence electrons. The summed E-state index contributed by atoms with van der Waals surface area (Å²) in [7, 11) is 1.67. The first-order valence-corrected chi connectivity index (χ1v) is 9.47. The number of hydrogen-bond donors (Lipinski definition) is 1. The number of nitrogens with one attached hydrogen (secondary N) is 1. The standard InChI is InChI=1S/C21H25ClN2O2/c1-26-17-12-10-16(11-13-17)20-9-3-2-6-14-24(20)15-21(25)23-19-8-5-4-7-18(19)22/h4-5,7-8,10-13,20H,2-3,6,9,14-15H2,1H3,(H,23,25). The summed E-state index contributed by atoms with van der Waals surface area (Å²) in [6.45, 7) is 1.29. The fraction of sp³-hybridized carbons (Fsp3) is 0.381. The van der Waals surface area contributed by atoms with Gasteiger partial charge in [-0.2, -0.15) is 0 Å². The second-order valence-corrected chi connectivity index (χ2v) is 7.04. The van der Waals surface area contributed by atoms with E-state index in [9.17, 15) is 4.79 Å². The Kier molecular flexibility index (Phi) is 6.53. The first-order valence-electron chi connectivity index (χ1n) is 9.10. The number of carbonyl (C=O) groups excluding carboxylic acids is 1. The van der Waals surface area contributed by atoms with E-state index in [1.54, 1.807) is 13.2 Å². The molecule has 3 rings (SSSR count). The van der Waals surface area contributed by atoms with Gasteiger partial charge in [0.2, 0.25) is 5.91 Å². The molecule has 2 aromatic rings. The molecule has 26 heavy (non-hydrogen) atoms. The van der Waals surface area contributed by atoms with E-state index in [4.69, 9.17) is 16.3 Å².